The highest BCUT2D eigenvalue weighted by Gasteiger charge is 2.43. The molecule has 0 aliphatic heterocycles. The topological polar surface area (TPSA) is 55.1 Å². The van der Waals surface area contributed by atoms with Gasteiger partial charge in [-0.25, -0.2) is 9.37 Å². The molecular weight excluding hydrogens is 307 g/mol. The number of hydrogen-bond donors (Lipinski definition) is 1. The maximum absolute atomic E-state index is 15.3. The number of hydrogen-bond acceptors (Lipinski definition) is 2. The molecule has 1 aliphatic rings. The standard InChI is InChI=1S/C19H19FN2O2/c1-22-12-11-21-17(22)8-10-19(20)9-7-15(18(23)24)16(13-19)14-5-3-2-4-6-14/h2-6,11-12,15-16H,7,9,13H2,1H3,(H,23,24)/t15-,16+,19+/m1/s1. The molecule has 1 N–H and O–H groups in total. The van der Waals surface area contributed by atoms with Crippen LogP contribution in [-0.2, 0) is 11.8 Å². The van der Waals surface area contributed by atoms with Crippen LogP contribution in [0.5, 0.6) is 0 Å². The highest BCUT2D eigenvalue weighted by molar-refractivity contribution is 5.71. The van der Waals surface area contributed by atoms with Gasteiger partial charge in [0, 0.05) is 31.8 Å². The normalized spacial score (nSPS) is 26.4. The van der Waals surface area contributed by atoms with Gasteiger partial charge in [0.1, 0.15) is 0 Å². The van der Waals surface area contributed by atoms with Crippen LogP contribution in [0.1, 0.15) is 36.6 Å². The molecule has 1 saturated carbocycles. The minimum absolute atomic E-state index is 0.0887. The summed E-state index contributed by atoms with van der Waals surface area (Å²) in [6.07, 6.45) is 3.86. The first-order valence-electron chi connectivity index (χ1n) is 7.96. The van der Waals surface area contributed by atoms with Crippen molar-refractivity contribution in [3.8, 4) is 11.8 Å². The van der Waals surface area contributed by atoms with Crippen molar-refractivity contribution >= 4 is 5.97 Å². The number of carboxylic acids is 1. The number of carboxylic acid groups (broad SMARTS) is 1. The summed E-state index contributed by atoms with van der Waals surface area (Å²) < 4.78 is 17.0. The zero-order chi connectivity index (χ0) is 17.2. The maximum Gasteiger partial charge on any atom is 0.307 e. The summed E-state index contributed by atoms with van der Waals surface area (Å²) in [7, 11) is 1.80. The van der Waals surface area contributed by atoms with Crippen molar-refractivity contribution in [2.24, 2.45) is 13.0 Å². The largest absolute Gasteiger partial charge is 0.481 e. The van der Waals surface area contributed by atoms with Gasteiger partial charge >= 0.3 is 5.97 Å². The molecule has 1 aromatic carbocycles. The first kappa shape index (κ1) is 16.3. The van der Waals surface area contributed by atoms with E-state index in [-0.39, 0.29) is 25.2 Å². The Morgan fingerprint density at radius 3 is 2.79 bits per heavy atom. The average Bonchev–Trinajstić information content (AvgIpc) is 2.99. The van der Waals surface area contributed by atoms with Gasteiger partial charge in [0.25, 0.3) is 0 Å². The SMILES string of the molecule is Cn1ccnc1C#C[C@@]1(F)CC[C@@H](C(=O)O)[C@H](c2ccccc2)C1. The molecule has 2 aromatic rings. The molecule has 1 aliphatic carbocycles. The fourth-order valence-corrected chi connectivity index (χ4v) is 3.29. The third-order valence-electron chi connectivity index (χ3n) is 4.65. The molecule has 3 rings (SSSR count). The molecule has 24 heavy (non-hydrogen) atoms. The van der Waals surface area contributed by atoms with Crippen molar-refractivity contribution in [2.45, 2.75) is 30.8 Å². The van der Waals surface area contributed by atoms with E-state index in [1.807, 2.05) is 30.3 Å². The van der Waals surface area contributed by atoms with E-state index in [4.69, 9.17) is 0 Å². The zero-order valence-corrected chi connectivity index (χ0v) is 13.4. The molecule has 5 heteroatoms. The Kier molecular flexibility index (Phi) is 4.39. The van der Waals surface area contributed by atoms with Crippen LogP contribution in [0.15, 0.2) is 42.7 Å². The van der Waals surface area contributed by atoms with Gasteiger partial charge < -0.3 is 9.67 Å². The Morgan fingerprint density at radius 2 is 2.17 bits per heavy atom. The molecule has 4 nitrogen and oxygen atoms in total. The summed E-state index contributed by atoms with van der Waals surface area (Å²) in [5.74, 6) is 4.18. The predicted octanol–water partition coefficient (Wildman–Crippen LogP) is 3.15. The minimum atomic E-state index is -1.70. The van der Waals surface area contributed by atoms with Gasteiger partial charge in [0.05, 0.1) is 5.92 Å². The van der Waals surface area contributed by atoms with Crippen LogP contribution in [0, 0.1) is 17.8 Å². The molecule has 0 bridgehead atoms. The number of imidazole rings is 1. The number of aliphatic carboxylic acids is 1. The average molecular weight is 326 g/mol. The first-order chi connectivity index (χ1) is 11.5. The molecule has 3 atom stereocenters. The zero-order valence-electron chi connectivity index (χ0n) is 13.4. The number of benzene rings is 1. The minimum Gasteiger partial charge on any atom is -0.481 e. The van der Waals surface area contributed by atoms with Crippen molar-refractivity contribution in [3.05, 3.63) is 54.1 Å². The lowest BCUT2D eigenvalue weighted by molar-refractivity contribution is -0.144. The van der Waals surface area contributed by atoms with Gasteiger partial charge in [-0.3, -0.25) is 4.79 Å². The van der Waals surface area contributed by atoms with Gasteiger partial charge in [-0.05, 0) is 24.3 Å². The third-order valence-corrected chi connectivity index (χ3v) is 4.65. The second-order valence-corrected chi connectivity index (χ2v) is 6.28. The second-order valence-electron chi connectivity index (χ2n) is 6.28. The highest BCUT2D eigenvalue weighted by Crippen LogP contribution is 2.44. The summed E-state index contributed by atoms with van der Waals surface area (Å²) in [4.78, 5) is 15.6. The molecule has 124 valence electrons. The Morgan fingerprint density at radius 1 is 1.42 bits per heavy atom. The van der Waals surface area contributed by atoms with E-state index in [2.05, 4.69) is 16.8 Å². The number of halogens is 1. The van der Waals surface area contributed by atoms with Crippen molar-refractivity contribution in [3.63, 3.8) is 0 Å². The van der Waals surface area contributed by atoms with Crippen LogP contribution in [0.3, 0.4) is 0 Å². The molecule has 0 radical (unpaired) electrons. The summed E-state index contributed by atoms with van der Waals surface area (Å²) >= 11 is 0. The van der Waals surface area contributed by atoms with Gasteiger partial charge in [0.15, 0.2) is 11.5 Å². The fraction of sp³-hybridized carbons (Fsp3) is 0.368. The molecule has 0 unspecified atom stereocenters. The smallest absolute Gasteiger partial charge is 0.307 e. The summed E-state index contributed by atoms with van der Waals surface area (Å²) in [5, 5.41) is 9.48. The molecular formula is C19H19FN2O2. The van der Waals surface area contributed by atoms with Gasteiger partial charge in [-0.15, -0.1) is 0 Å². The van der Waals surface area contributed by atoms with E-state index in [0.717, 1.165) is 5.56 Å². The Bertz CT molecular complexity index is 790. The summed E-state index contributed by atoms with van der Waals surface area (Å²) in [5.41, 5.74) is -0.844. The number of alkyl halides is 1. The molecule has 0 amide bonds. The van der Waals surface area contributed by atoms with Crippen molar-refractivity contribution in [2.75, 3.05) is 0 Å². The quantitative estimate of drug-likeness (QED) is 0.863. The van der Waals surface area contributed by atoms with Crippen molar-refractivity contribution in [1.29, 1.82) is 0 Å². The van der Waals surface area contributed by atoms with Crippen LogP contribution in [0.2, 0.25) is 0 Å². The molecule has 1 heterocycles. The van der Waals surface area contributed by atoms with E-state index < -0.39 is 17.6 Å². The van der Waals surface area contributed by atoms with E-state index in [9.17, 15) is 9.90 Å². The lowest BCUT2D eigenvalue weighted by Gasteiger charge is -2.35. The lowest BCUT2D eigenvalue weighted by atomic mass is 9.70. The van der Waals surface area contributed by atoms with Gasteiger partial charge in [-0.1, -0.05) is 36.3 Å². The van der Waals surface area contributed by atoms with Gasteiger partial charge in [0.2, 0.25) is 0 Å². The Labute approximate surface area is 140 Å². The number of carbonyl (C=O) groups is 1. The monoisotopic (exact) mass is 326 g/mol. The molecule has 0 saturated heterocycles. The van der Waals surface area contributed by atoms with E-state index in [0.29, 0.717) is 5.82 Å². The van der Waals surface area contributed by atoms with Crippen LogP contribution in [-0.4, -0.2) is 26.3 Å². The number of aryl methyl sites for hydroxylation is 1. The molecule has 1 aromatic heterocycles. The second kappa shape index (κ2) is 6.48. The molecule has 0 spiro atoms. The summed E-state index contributed by atoms with van der Waals surface area (Å²) in [6.45, 7) is 0. The first-order valence-corrected chi connectivity index (χ1v) is 7.96. The van der Waals surface area contributed by atoms with Crippen LogP contribution >= 0.6 is 0 Å². The molecule has 1 fully saturated rings. The Hall–Kier alpha value is -2.61. The third kappa shape index (κ3) is 3.33. The van der Waals surface area contributed by atoms with E-state index >= 15 is 4.39 Å². The lowest BCUT2D eigenvalue weighted by Crippen LogP contribution is -2.37. The van der Waals surface area contributed by atoms with Crippen molar-refractivity contribution < 1.29 is 14.3 Å². The van der Waals surface area contributed by atoms with Crippen LogP contribution in [0.4, 0.5) is 4.39 Å². The fourth-order valence-electron chi connectivity index (χ4n) is 3.29. The van der Waals surface area contributed by atoms with E-state index in [1.54, 1.807) is 24.0 Å². The van der Waals surface area contributed by atoms with E-state index in [1.165, 1.54) is 0 Å². The van der Waals surface area contributed by atoms with Crippen molar-refractivity contribution in [1.82, 2.24) is 9.55 Å². The van der Waals surface area contributed by atoms with Crippen LogP contribution < -0.4 is 0 Å². The summed E-state index contributed by atoms with van der Waals surface area (Å²) in [6, 6.07) is 9.29. The Balaban J connectivity index is 1.88. The number of rotatable bonds is 2. The van der Waals surface area contributed by atoms with Crippen LogP contribution in [0.25, 0.3) is 0 Å². The maximum atomic E-state index is 15.3. The van der Waals surface area contributed by atoms with Gasteiger partial charge in [-0.2, -0.15) is 0 Å². The number of nitrogens with zero attached hydrogens (tertiary/aromatic N) is 2. The number of aromatic nitrogens is 2. The highest BCUT2D eigenvalue weighted by atomic mass is 19.1. The predicted molar refractivity (Wildman–Crippen MR) is 88.1 cm³/mol.